The molecule has 0 amide bonds. The minimum atomic E-state index is -0.369. The molecule has 67 heavy (non-hydrogen) atoms. The molecule has 0 saturated heterocycles. The highest BCUT2D eigenvalue weighted by molar-refractivity contribution is 6.36. The lowest BCUT2D eigenvalue weighted by Gasteiger charge is -2.27. The normalized spacial score (nSPS) is 14.9. The Morgan fingerprint density at radius 3 is 1.57 bits per heavy atom. The van der Waals surface area contributed by atoms with Gasteiger partial charge in [0.1, 0.15) is 12.0 Å². The quantitative estimate of drug-likeness (QED) is 0.120. The van der Waals surface area contributed by atoms with Crippen molar-refractivity contribution in [3.8, 4) is 33.4 Å². The van der Waals surface area contributed by atoms with Crippen LogP contribution in [0.3, 0.4) is 0 Å². The second-order valence-corrected chi connectivity index (χ2v) is 16.7. The average molecular weight is 860 g/mol. The van der Waals surface area contributed by atoms with Gasteiger partial charge < -0.3 is 10.6 Å². The molecule has 1 atom stereocenters. The van der Waals surface area contributed by atoms with Gasteiger partial charge in [0.15, 0.2) is 5.84 Å². The van der Waals surface area contributed by atoms with E-state index >= 15 is 0 Å². The molecule has 2 aliphatic heterocycles. The first kappa shape index (κ1) is 40.8. The Morgan fingerprint density at radius 1 is 0.418 bits per heavy atom. The third-order valence-electron chi connectivity index (χ3n) is 12.4. The molecule has 2 aliphatic rings. The van der Waals surface area contributed by atoms with Crippen LogP contribution in [0.25, 0.3) is 56.4 Å². The van der Waals surface area contributed by atoms with Crippen molar-refractivity contribution < 1.29 is 0 Å². The molecule has 0 aliphatic carbocycles. The summed E-state index contributed by atoms with van der Waals surface area (Å²) in [6.07, 6.45) is 1.84. The van der Waals surface area contributed by atoms with Gasteiger partial charge in [0, 0.05) is 33.5 Å². The molecule has 2 heterocycles. The fraction of sp³-hybridized carbons (Fsp3) is 0.0161. The van der Waals surface area contributed by atoms with Crippen LogP contribution in [-0.2, 0) is 0 Å². The Hall–Kier alpha value is -8.93. The molecule has 11 rings (SSSR count). The van der Waals surface area contributed by atoms with Gasteiger partial charge in [-0.25, -0.2) is 9.98 Å². The lowest BCUT2D eigenvalue weighted by atomic mass is 9.86. The molecule has 0 bridgehead atoms. The summed E-state index contributed by atoms with van der Waals surface area (Å²) in [5, 5.41) is 17.2. The van der Waals surface area contributed by atoms with Gasteiger partial charge in [0.05, 0.1) is 11.4 Å². The van der Waals surface area contributed by atoms with Crippen LogP contribution < -0.4 is 10.6 Å². The number of fused-ring (bicyclic) bond motifs is 1. The monoisotopic (exact) mass is 859 g/mol. The topological polar surface area (TPSA) is 72.6 Å². The van der Waals surface area contributed by atoms with Gasteiger partial charge in [-0.05, 0) is 79.9 Å². The molecule has 9 aromatic rings. The lowest BCUT2D eigenvalue weighted by Crippen LogP contribution is -2.33. The summed E-state index contributed by atoms with van der Waals surface area (Å²) in [5.74, 6) is 1.42. The number of hydrogen-bond acceptors (Lipinski definition) is 5. The zero-order chi connectivity index (χ0) is 44.9. The Morgan fingerprint density at radius 2 is 0.910 bits per heavy atom. The molecule has 0 spiro atoms. The van der Waals surface area contributed by atoms with Gasteiger partial charge in [0.2, 0.25) is 0 Å². The summed E-state index contributed by atoms with van der Waals surface area (Å²) in [6.45, 7) is 0. The van der Waals surface area contributed by atoms with Gasteiger partial charge in [-0.15, -0.1) is 0 Å². The van der Waals surface area contributed by atoms with Crippen molar-refractivity contribution in [3.63, 3.8) is 0 Å². The molecule has 0 aromatic heterocycles. The molecular formula is C62H45N5. The molecule has 5 heteroatoms. The second-order valence-electron chi connectivity index (χ2n) is 16.7. The maximum absolute atomic E-state index is 9.71. The zero-order valence-electron chi connectivity index (χ0n) is 36.6. The molecule has 0 radical (unpaired) electrons. The number of nitrogens with one attached hydrogen (secondary N) is 3. The van der Waals surface area contributed by atoms with E-state index in [4.69, 9.17) is 9.98 Å². The molecule has 0 saturated carbocycles. The third kappa shape index (κ3) is 8.57. The van der Waals surface area contributed by atoms with Crippen molar-refractivity contribution in [2.24, 2.45) is 9.98 Å². The van der Waals surface area contributed by atoms with Crippen LogP contribution in [0.5, 0.6) is 0 Å². The van der Waals surface area contributed by atoms with E-state index < -0.39 is 0 Å². The van der Waals surface area contributed by atoms with Crippen LogP contribution >= 0.6 is 0 Å². The van der Waals surface area contributed by atoms with Crippen LogP contribution in [-0.4, -0.2) is 17.4 Å². The molecule has 3 N–H and O–H groups in total. The second kappa shape index (κ2) is 18.3. The van der Waals surface area contributed by atoms with Crippen molar-refractivity contribution in [1.29, 1.82) is 5.41 Å². The summed E-state index contributed by atoms with van der Waals surface area (Å²) in [4.78, 5) is 10.5. The summed E-state index contributed by atoms with van der Waals surface area (Å²) in [6, 6.07) is 83.9. The largest absolute Gasteiger partial charge is 0.354 e. The van der Waals surface area contributed by atoms with Crippen molar-refractivity contribution in [2.45, 2.75) is 6.17 Å². The summed E-state index contributed by atoms with van der Waals surface area (Å²) in [5.41, 5.74) is 17.8. The van der Waals surface area contributed by atoms with E-state index in [-0.39, 0.29) is 6.17 Å². The first-order valence-corrected chi connectivity index (χ1v) is 22.6. The van der Waals surface area contributed by atoms with Crippen LogP contribution in [0.4, 0.5) is 0 Å². The van der Waals surface area contributed by atoms with Gasteiger partial charge >= 0.3 is 0 Å². The average Bonchev–Trinajstić information content (AvgIpc) is 3.42. The smallest absolute Gasteiger partial charge is 0.159 e. The number of nitrogens with zero attached hydrogens (tertiary/aromatic N) is 2. The van der Waals surface area contributed by atoms with Crippen molar-refractivity contribution in [3.05, 3.63) is 287 Å². The highest BCUT2D eigenvalue weighted by Crippen LogP contribution is 2.39. The number of aliphatic imine (C=N–C) groups is 2. The minimum absolute atomic E-state index is 0.369. The van der Waals surface area contributed by atoms with Crippen molar-refractivity contribution in [2.75, 3.05) is 0 Å². The van der Waals surface area contributed by atoms with Gasteiger partial charge in [0.25, 0.3) is 0 Å². The molecule has 1 unspecified atom stereocenters. The first-order valence-electron chi connectivity index (χ1n) is 22.6. The standard InChI is InChI=1S/C62H45N5/c63-58(47-26-14-5-15-27-47)57(46-24-12-4-13-25-46)59-55-40-51(36-37-52(55)41-56(64-59)45-22-10-3-11-23-45)44-32-34-48(35-33-44)60-65-61(53-30-16-28-49(38-53)42-18-6-1-7-19-42)67-62(66-60)54-31-17-29-50(39-54)43-20-8-2-9-21-43/h1-41,61,63-64H,(H,65,66,67)/b59-57-,63-58?. The zero-order valence-corrected chi connectivity index (χ0v) is 36.6. The third-order valence-corrected chi connectivity index (χ3v) is 12.4. The van der Waals surface area contributed by atoms with Gasteiger partial charge in [-0.2, -0.15) is 0 Å². The number of allylic oxidation sites excluding steroid dienone is 1. The fourth-order valence-electron chi connectivity index (χ4n) is 8.91. The van der Waals surface area contributed by atoms with Crippen molar-refractivity contribution in [1.82, 2.24) is 10.6 Å². The number of rotatable bonds is 10. The van der Waals surface area contributed by atoms with Gasteiger partial charge in [-0.1, -0.05) is 224 Å². The maximum Gasteiger partial charge on any atom is 0.159 e. The van der Waals surface area contributed by atoms with E-state index in [1.165, 1.54) is 0 Å². The lowest BCUT2D eigenvalue weighted by molar-refractivity contribution is 0.674. The van der Waals surface area contributed by atoms with Crippen LogP contribution in [0.15, 0.2) is 253 Å². The minimum Gasteiger partial charge on any atom is -0.354 e. The SMILES string of the molecule is N=C(/C(=C1\NC(c2ccccc2)=Cc2ccc(-c3ccc(C4=NC(c5cccc(-c6ccccc6)c5)=NC(c5cccc(-c6ccccc6)c5)N4)cc3)cc21)c1ccccc1)c1ccccc1. The summed E-state index contributed by atoms with van der Waals surface area (Å²) >= 11 is 0. The van der Waals surface area contributed by atoms with Crippen LogP contribution in [0.2, 0.25) is 0 Å². The number of hydrogen-bond donors (Lipinski definition) is 3. The van der Waals surface area contributed by atoms with E-state index in [9.17, 15) is 5.41 Å². The molecule has 9 aromatic carbocycles. The van der Waals surface area contributed by atoms with Crippen molar-refractivity contribution >= 4 is 40.4 Å². The predicted octanol–water partition coefficient (Wildman–Crippen LogP) is 14.2. The summed E-state index contributed by atoms with van der Waals surface area (Å²) in [7, 11) is 0. The van der Waals surface area contributed by atoms with E-state index in [2.05, 4.69) is 193 Å². The maximum atomic E-state index is 9.71. The molecular weight excluding hydrogens is 815 g/mol. The van der Waals surface area contributed by atoms with Crippen LogP contribution in [0, 0.1) is 5.41 Å². The number of benzene rings is 9. The number of amidine groups is 2. The van der Waals surface area contributed by atoms with E-state index in [0.717, 1.165) is 101 Å². The Kier molecular flexibility index (Phi) is 11.1. The fourth-order valence-corrected chi connectivity index (χ4v) is 8.91. The molecule has 318 valence electrons. The Labute approximate surface area is 391 Å². The van der Waals surface area contributed by atoms with E-state index in [0.29, 0.717) is 11.5 Å². The van der Waals surface area contributed by atoms with E-state index in [1.54, 1.807) is 0 Å². The first-order chi connectivity index (χ1) is 33.1. The Bertz CT molecular complexity index is 3370. The highest BCUT2D eigenvalue weighted by atomic mass is 15.2. The van der Waals surface area contributed by atoms with Crippen LogP contribution in [0.1, 0.15) is 50.7 Å². The molecule has 0 fully saturated rings. The van der Waals surface area contributed by atoms with Gasteiger partial charge in [-0.3, -0.25) is 5.41 Å². The summed E-state index contributed by atoms with van der Waals surface area (Å²) < 4.78 is 0. The predicted molar refractivity (Wildman–Crippen MR) is 279 cm³/mol. The molecule has 5 nitrogen and oxygen atoms in total. The Balaban J connectivity index is 0.988. The van der Waals surface area contributed by atoms with E-state index in [1.807, 2.05) is 66.7 Å². The highest BCUT2D eigenvalue weighted by Gasteiger charge is 2.25.